The Bertz CT molecular complexity index is 1430. The van der Waals surface area contributed by atoms with Gasteiger partial charge in [-0.25, -0.2) is 13.1 Å². The molecule has 0 saturated carbocycles. The van der Waals surface area contributed by atoms with Gasteiger partial charge in [0.2, 0.25) is 15.9 Å². The molecule has 186 valence electrons. The van der Waals surface area contributed by atoms with Crippen LogP contribution in [0.4, 0.5) is 5.82 Å². The highest BCUT2D eigenvalue weighted by atomic mass is 35.5. The third kappa shape index (κ3) is 5.84. The molecule has 7 nitrogen and oxygen atoms in total. The number of halogens is 1. The number of nitrogens with zero attached hydrogens (tertiary/aromatic N) is 3. The van der Waals surface area contributed by atoms with Crippen molar-refractivity contribution in [1.82, 2.24) is 14.1 Å². The van der Waals surface area contributed by atoms with Crippen molar-refractivity contribution in [1.29, 1.82) is 0 Å². The molecule has 3 aromatic carbocycles. The highest BCUT2D eigenvalue weighted by Gasteiger charge is 2.26. The molecule has 0 unspecified atom stereocenters. The van der Waals surface area contributed by atoms with E-state index < -0.39 is 15.9 Å². The Kier molecular flexibility index (Phi) is 7.88. The summed E-state index contributed by atoms with van der Waals surface area (Å²) in [5, 5.41) is 8.12. The molecule has 0 radical (unpaired) electrons. The summed E-state index contributed by atoms with van der Waals surface area (Å²) in [6, 6.07) is 25.0. The molecule has 0 saturated heterocycles. The zero-order chi connectivity index (χ0) is 25.7. The minimum absolute atomic E-state index is 0.159. The largest absolute Gasteiger partial charge is 0.309 e. The lowest BCUT2D eigenvalue weighted by Gasteiger charge is -2.21. The van der Waals surface area contributed by atoms with E-state index in [9.17, 15) is 13.2 Å². The number of hydrogen-bond acceptors (Lipinski definition) is 4. The molecule has 0 spiro atoms. The average molecular weight is 523 g/mol. The van der Waals surface area contributed by atoms with Crippen molar-refractivity contribution in [3.63, 3.8) is 0 Å². The lowest BCUT2D eigenvalue weighted by atomic mass is 10.2. The van der Waals surface area contributed by atoms with E-state index in [1.807, 2.05) is 44.2 Å². The van der Waals surface area contributed by atoms with Crippen molar-refractivity contribution < 1.29 is 13.2 Å². The van der Waals surface area contributed by atoms with Gasteiger partial charge in [-0.15, -0.1) is 0 Å². The number of anilines is 1. The van der Waals surface area contributed by atoms with Crippen LogP contribution in [0.3, 0.4) is 0 Å². The van der Waals surface area contributed by atoms with E-state index in [1.165, 1.54) is 4.31 Å². The molecule has 1 amide bonds. The van der Waals surface area contributed by atoms with Gasteiger partial charge in [0.05, 0.1) is 22.8 Å². The highest BCUT2D eigenvalue weighted by Crippen LogP contribution is 2.26. The minimum Gasteiger partial charge on any atom is -0.309 e. The van der Waals surface area contributed by atoms with Crippen molar-refractivity contribution in [3.8, 4) is 16.9 Å². The first-order valence-electron chi connectivity index (χ1n) is 11.6. The van der Waals surface area contributed by atoms with Crippen LogP contribution in [0.1, 0.15) is 18.9 Å². The van der Waals surface area contributed by atoms with Gasteiger partial charge in [-0.3, -0.25) is 4.79 Å². The first-order valence-corrected chi connectivity index (χ1v) is 13.4. The molecular formula is C27H27ClN4O3S. The van der Waals surface area contributed by atoms with Gasteiger partial charge in [-0.1, -0.05) is 66.6 Å². The maximum absolute atomic E-state index is 13.2. The Morgan fingerprint density at radius 2 is 1.67 bits per heavy atom. The number of aromatic nitrogens is 2. The molecule has 1 N–H and O–H groups in total. The van der Waals surface area contributed by atoms with E-state index in [4.69, 9.17) is 11.6 Å². The Morgan fingerprint density at radius 3 is 2.31 bits per heavy atom. The summed E-state index contributed by atoms with van der Waals surface area (Å²) < 4.78 is 29.3. The highest BCUT2D eigenvalue weighted by molar-refractivity contribution is 7.89. The number of carbonyl (C=O) groups excluding carboxylic acids is 1. The molecule has 0 bridgehead atoms. The fraction of sp³-hybridized carbons (Fsp3) is 0.185. The standard InChI is InChI=1S/C27H27ClN4O3S/c1-3-17-31(36(34,35)24-15-9-20(2)10-16-24)19-27(33)29-26-18-25(21-7-5-4-6-8-21)30-32(26)23-13-11-22(28)12-14-23/h4-16,18H,3,17,19H2,1-2H3,(H,29,33). The second-order valence-electron chi connectivity index (χ2n) is 8.37. The third-order valence-corrected chi connectivity index (χ3v) is 7.68. The molecule has 0 atom stereocenters. The SMILES string of the molecule is CCCN(CC(=O)Nc1cc(-c2ccccc2)nn1-c1ccc(Cl)cc1)S(=O)(=O)c1ccc(C)cc1. The zero-order valence-corrected chi connectivity index (χ0v) is 21.6. The summed E-state index contributed by atoms with van der Waals surface area (Å²) in [5.74, 6) is -0.0424. The Hall–Kier alpha value is -3.46. The van der Waals surface area contributed by atoms with Crippen LogP contribution in [-0.4, -0.2) is 41.5 Å². The molecule has 0 aliphatic heterocycles. The lowest BCUT2D eigenvalue weighted by molar-refractivity contribution is -0.116. The lowest BCUT2D eigenvalue weighted by Crippen LogP contribution is -2.38. The van der Waals surface area contributed by atoms with Gasteiger partial charge in [0.15, 0.2) is 0 Å². The van der Waals surface area contributed by atoms with Crippen LogP contribution < -0.4 is 5.32 Å². The van der Waals surface area contributed by atoms with Crippen molar-refractivity contribution in [3.05, 3.63) is 95.5 Å². The fourth-order valence-electron chi connectivity index (χ4n) is 3.73. The van der Waals surface area contributed by atoms with E-state index >= 15 is 0 Å². The topological polar surface area (TPSA) is 84.3 Å². The molecule has 9 heteroatoms. The first kappa shape index (κ1) is 25.6. The van der Waals surface area contributed by atoms with E-state index in [0.717, 1.165) is 11.1 Å². The van der Waals surface area contributed by atoms with Gasteiger partial charge in [0, 0.05) is 23.2 Å². The molecule has 36 heavy (non-hydrogen) atoms. The minimum atomic E-state index is -3.84. The van der Waals surface area contributed by atoms with Crippen LogP contribution in [0.15, 0.2) is 89.8 Å². The number of sulfonamides is 1. The van der Waals surface area contributed by atoms with Crippen LogP contribution in [-0.2, 0) is 14.8 Å². The first-order chi connectivity index (χ1) is 17.3. The number of carbonyl (C=O) groups is 1. The Balaban J connectivity index is 1.63. The molecule has 4 aromatic rings. The third-order valence-electron chi connectivity index (χ3n) is 5.57. The number of nitrogens with one attached hydrogen (secondary N) is 1. The molecule has 1 heterocycles. The molecule has 0 aliphatic carbocycles. The summed E-state index contributed by atoms with van der Waals surface area (Å²) >= 11 is 6.05. The van der Waals surface area contributed by atoms with E-state index in [2.05, 4.69) is 10.4 Å². The normalized spacial score (nSPS) is 11.6. The van der Waals surface area contributed by atoms with Gasteiger partial charge in [-0.2, -0.15) is 9.40 Å². The average Bonchev–Trinajstić information content (AvgIpc) is 3.28. The Labute approximate surface area is 216 Å². The van der Waals surface area contributed by atoms with Gasteiger partial charge in [0.1, 0.15) is 5.82 Å². The number of benzene rings is 3. The number of rotatable bonds is 9. The summed E-state index contributed by atoms with van der Waals surface area (Å²) in [5.41, 5.74) is 3.21. The van der Waals surface area contributed by atoms with Crippen LogP contribution in [0.25, 0.3) is 16.9 Å². The van der Waals surface area contributed by atoms with E-state index in [-0.39, 0.29) is 18.0 Å². The molecular weight excluding hydrogens is 496 g/mol. The predicted molar refractivity (Wildman–Crippen MR) is 143 cm³/mol. The summed E-state index contributed by atoms with van der Waals surface area (Å²) in [6.45, 7) is 3.66. The fourth-order valence-corrected chi connectivity index (χ4v) is 5.35. The smallest absolute Gasteiger partial charge is 0.243 e. The summed E-state index contributed by atoms with van der Waals surface area (Å²) in [4.78, 5) is 13.3. The van der Waals surface area contributed by atoms with Crippen LogP contribution in [0, 0.1) is 6.92 Å². The van der Waals surface area contributed by atoms with Gasteiger partial charge in [-0.05, 0) is 49.7 Å². The molecule has 1 aromatic heterocycles. The van der Waals surface area contributed by atoms with Crippen LogP contribution >= 0.6 is 11.6 Å². The second-order valence-corrected chi connectivity index (χ2v) is 10.7. The van der Waals surface area contributed by atoms with Crippen LogP contribution in [0.2, 0.25) is 5.02 Å². The van der Waals surface area contributed by atoms with Crippen molar-refractivity contribution in [2.75, 3.05) is 18.4 Å². The van der Waals surface area contributed by atoms with E-state index in [1.54, 1.807) is 59.3 Å². The summed E-state index contributed by atoms with van der Waals surface area (Å²) in [6.07, 6.45) is 0.569. The quantitative estimate of drug-likeness (QED) is 0.313. The number of amides is 1. The van der Waals surface area contributed by atoms with Crippen molar-refractivity contribution in [2.45, 2.75) is 25.2 Å². The van der Waals surface area contributed by atoms with Gasteiger partial charge >= 0.3 is 0 Å². The number of hydrogen-bond donors (Lipinski definition) is 1. The van der Waals surface area contributed by atoms with Gasteiger partial charge in [0.25, 0.3) is 0 Å². The zero-order valence-electron chi connectivity index (χ0n) is 20.1. The Morgan fingerprint density at radius 1 is 1.00 bits per heavy atom. The monoisotopic (exact) mass is 522 g/mol. The maximum atomic E-state index is 13.2. The number of aryl methyl sites for hydroxylation is 1. The van der Waals surface area contributed by atoms with Gasteiger partial charge < -0.3 is 5.32 Å². The maximum Gasteiger partial charge on any atom is 0.243 e. The molecule has 0 aliphatic rings. The predicted octanol–water partition coefficient (Wildman–Crippen LogP) is 5.54. The second kappa shape index (κ2) is 11.1. The van der Waals surface area contributed by atoms with Crippen molar-refractivity contribution >= 4 is 33.3 Å². The van der Waals surface area contributed by atoms with E-state index in [0.29, 0.717) is 28.6 Å². The molecule has 0 fully saturated rings. The van der Waals surface area contributed by atoms with Crippen molar-refractivity contribution in [2.24, 2.45) is 0 Å². The summed E-state index contributed by atoms with van der Waals surface area (Å²) in [7, 11) is -3.84. The van der Waals surface area contributed by atoms with Crippen LogP contribution in [0.5, 0.6) is 0 Å². The molecule has 4 rings (SSSR count).